The van der Waals surface area contributed by atoms with E-state index in [4.69, 9.17) is 14.6 Å². The minimum absolute atomic E-state index is 0.174. The highest BCUT2D eigenvalue weighted by Gasteiger charge is 2.40. The molecule has 2 aliphatic rings. The van der Waals surface area contributed by atoms with Gasteiger partial charge in [-0.15, -0.1) is 0 Å². The number of hydrogen-bond acceptors (Lipinski definition) is 4. The van der Waals surface area contributed by atoms with Crippen molar-refractivity contribution >= 4 is 5.71 Å². The largest absolute Gasteiger partial charge is 0.494 e. The minimum Gasteiger partial charge on any atom is -0.494 e. The maximum absolute atomic E-state index is 6.41. The standard InChI is InChI=1S/C25H24N2O2/c1-3-28-20-14-12-18(13-15-20)22-16-23-21-6-4-5-7-24(21)29-25(27(23)26-22)19-10-8-17(2)9-11-19/h4-15,23,25H,3,16H2,1-2H3/t23-,25-/m0/s1. The van der Waals surface area contributed by atoms with Crippen molar-refractivity contribution in [3.63, 3.8) is 0 Å². The van der Waals surface area contributed by atoms with E-state index < -0.39 is 0 Å². The van der Waals surface area contributed by atoms with Crippen molar-refractivity contribution in [3.05, 3.63) is 95.1 Å². The predicted molar refractivity (Wildman–Crippen MR) is 114 cm³/mol. The second-order valence-corrected chi connectivity index (χ2v) is 7.52. The first-order chi connectivity index (χ1) is 14.2. The average molecular weight is 384 g/mol. The molecule has 0 N–H and O–H groups in total. The Morgan fingerprint density at radius 1 is 1.00 bits per heavy atom. The summed E-state index contributed by atoms with van der Waals surface area (Å²) in [6, 6.07) is 25.2. The number of ether oxygens (including phenoxy) is 2. The van der Waals surface area contributed by atoms with Gasteiger partial charge < -0.3 is 9.47 Å². The van der Waals surface area contributed by atoms with E-state index in [2.05, 4.69) is 66.5 Å². The van der Waals surface area contributed by atoms with Crippen LogP contribution >= 0.6 is 0 Å². The van der Waals surface area contributed by atoms with Crippen molar-refractivity contribution in [1.82, 2.24) is 5.01 Å². The van der Waals surface area contributed by atoms with Crippen molar-refractivity contribution in [2.75, 3.05) is 6.61 Å². The molecule has 0 radical (unpaired) electrons. The Balaban J connectivity index is 1.52. The third kappa shape index (κ3) is 3.25. The topological polar surface area (TPSA) is 34.1 Å². The Morgan fingerprint density at radius 3 is 2.52 bits per heavy atom. The van der Waals surface area contributed by atoms with Gasteiger partial charge in [-0.2, -0.15) is 5.10 Å². The van der Waals surface area contributed by atoms with Gasteiger partial charge in [0.2, 0.25) is 6.23 Å². The van der Waals surface area contributed by atoms with Gasteiger partial charge in [0.15, 0.2) is 0 Å². The van der Waals surface area contributed by atoms with Gasteiger partial charge in [0, 0.05) is 17.5 Å². The quantitative estimate of drug-likeness (QED) is 0.584. The number of para-hydroxylation sites is 1. The molecule has 2 aliphatic heterocycles. The first-order valence-corrected chi connectivity index (χ1v) is 10.1. The van der Waals surface area contributed by atoms with Crippen LogP contribution in [0.2, 0.25) is 0 Å². The van der Waals surface area contributed by atoms with Crippen LogP contribution in [0.1, 0.15) is 47.9 Å². The van der Waals surface area contributed by atoms with Crippen LogP contribution in [0.4, 0.5) is 0 Å². The van der Waals surface area contributed by atoms with E-state index in [9.17, 15) is 0 Å². The molecular formula is C25H24N2O2. The zero-order valence-electron chi connectivity index (χ0n) is 16.7. The van der Waals surface area contributed by atoms with E-state index in [0.717, 1.165) is 34.8 Å². The second-order valence-electron chi connectivity index (χ2n) is 7.52. The summed E-state index contributed by atoms with van der Waals surface area (Å²) in [5.74, 6) is 1.83. The van der Waals surface area contributed by atoms with Gasteiger partial charge >= 0.3 is 0 Å². The van der Waals surface area contributed by atoms with Crippen molar-refractivity contribution in [2.24, 2.45) is 5.10 Å². The van der Waals surface area contributed by atoms with E-state index in [1.807, 2.05) is 25.1 Å². The average Bonchev–Trinajstić information content (AvgIpc) is 3.20. The fourth-order valence-corrected chi connectivity index (χ4v) is 4.07. The van der Waals surface area contributed by atoms with Crippen molar-refractivity contribution in [3.8, 4) is 11.5 Å². The molecule has 5 rings (SSSR count). The van der Waals surface area contributed by atoms with Crippen molar-refractivity contribution in [1.29, 1.82) is 0 Å². The molecule has 0 fully saturated rings. The number of fused-ring (bicyclic) bond motifs is 3. The Hall–Kier alpha value is -3.27. The van der Waals surface area contributed by atoms with Gasteiger partial charge in [-0.25, -0.2) is 5.01 Å². The van der Waals surface area contributed by atoms with Crippen LogP contribution in [0, 0.1) is 6.92 Å². The van der Waals surface area contributed by atoms with Crippen LogP contribution in [0.25, 0.3) is 0 Å². The summed E-state index contributed by atoms with van der Waals surface area (Å²) in [6.45, 7) is 4.76. The lowest BCUT2D eigenvalue weighted by atomic mass is 9.96. The van der Waals surface area contributed by atoms with Crippen LogP contribution in [-0.2, 0) is 0 Å². The number of rotatable bonds is 4. The maximum atomic E-state index is 6.41. The molecule has 4 nitrogen and oxygen atoms in total. The molecule has 0 aliphatic carbocycles. The van der Waals surface area contributed by atoms with Crippen LogP contribution in [-0.4, -0.2) is 17.3 Å². The summed E-state index contributed by atoms with van der Waals surface area (Å²) in [6.07, 6.45) is 0.632. The van der Waals surface area contributed by atoms with E-state index in [-0.39, 0.29) is 12.3 Å². The number of nitrogens with zero attached hydrogens (tertiary/aromatic N) is 2. The van der Waals surface area contributed by atoms with E-state index in [1.165, 1.54) is 11.1 Å². The van der Waals surface area contributed by atoms with E-state index in [0.29, 0.717) is 6.61 Å². The lowest BCUT2D eigenvalue weighted by Gasteiger charge is -2.38. The number of hydrogen-bond donors (Lipinski definition) is 0. The molecule has 146 valence electrons. The van der Waals surface area contributed by atoms with Crippen LogP contribution in [0.3, 0.4) is 0 Å². The van der Waals surface area contributed by atoms with Crippen LogP contribution < -0.4 is 9.47 Å². The Labute approximate surface area is 171 Å². The molecule has 0 saturated heterocycles. The normalized spacial score (nSPS) is 19.8. The van der Waals surface area contributed by atoms with Gasteiger partial charge in [-0.05, 0) is 49.7 Å². The molecule has 0 unspecified atom stereocenters. The van der Waals surface area contributed by atoms with Crippen LogP contribution in [0.15, 0.2) is 77.9 Å². The first-order valence-electron chi connectivity index (χ1n) is 10.1. The molecule has 0 aromatic heterocycles. The third-order valence-corrected chi connectivity index (χ3v) is 5.56. The summed E-state index contributed by atoms with van der Waals surface area (Å²) >= 11 is 0. The predicted octanol–water partition coefficient (Wildman–Crippen LogP) is 5.64. The molecule has 3 aromatic rings. The fraction of sp³-hybridized carbons (Fsp3) is 0.240. The minimum atomic E-state index is -0.226. The summed E-state index contributed by atoms with van der Waals surface area (Å²) in [5, 5.41) is 7.14. The molecule has 0 spiro atoms. The van der Waals surface area contributed by atoms with E-state index in [1.54, 1.807) is 0 Å². The summed E-state index contributed by atoms with van der Waals surface area (Å²) in [5.41, 5.74) is 5.76. The monoisotopic (exact) mass is 384 g/mol. The molecule has 0 amide bonds. The second kappa shape index (κ2) is 7.28. The zero-order chi connectivity index (χ0) is 19.8. The van der Waals surface area contributed by atoms with Gasteiger partial charge in [0.1, 0.15) is 11.5 Å². The van der Waals surface area contributed by atoms with Gasteiger partial charge in [0.25, 0.3) is 0 Å². The Morgan fingerprint density at radius 2 is 1.76 bits per heavy atom. The highest BCUT2D eigenvalue weighted by Crippen LogP contribution is 2.47. The third-order valence-electron chi connectivity index (χ3n) is 5.56. The highest BCUT2D eigenvalue weighted by molar-refractivity contribution is 6.02. The van der Waals surface area contributed by atoms with Gasteiger partial charge in [-0.1, -0.05) is 48.0 Å². The van der Waals surface area contributed by atoms with Crippen molar-refractivity contribution in [2.45, 2.75) is 32.5 Å². The number of benzene rings is 3. The number of hydrazone groups is 1. The molecule has 3 aromatic carbocycles. The summed E-state index contributed by atoms with van der Waals surface area (Å²) in [7, 11) is 0. The van der Waals surface area contributed by atoms with Gasteiger partial charge in [-0.3, -0.25) is 0 Å². The molecule has 2 atom stereocenters. The first kappa shape index (κ1) is 17.8. The lowest BCUT2D eigenvalue weighted by Crippen LogP contribution is -2.33. The van der Waals surface area contributed by atoms with Crippen LogP contribution in [0.5, 0.6) is 11.5 Å². The number of aryl methyl sites for hydroxylation is 1. The summed E-state index contributed by atoms with van der Waals surface area (Å²) < 4.78 is 12.0. The molecule has 2 heterocycles. The maximum Gasteiger partial charge on any atom is 0.213 e. The SMILES string of the molecule is CCOc1ccc(C2=NN3[C@@H](C2)c2ccccc2O[C@H]3c2ccc(C)cc2)cc1. The molecule has 4 heteroatoms. The molecule has 0 bridgehead atoms. The smallest absolute Gasteiger partial charge is 0.213 e. The lowest BCUT2D eigenvalue weighted by molar-refractivity contribution is -0.0190. The summed E-state index contributed by atoms with van der Waals surface area (Å²) in [4.78, 5) is 0. The van der Waals surface area contributed by atoms with E-state index >= 15 is 0 Å². The van der Waals surface area contributed by atoms with Gasteiger partial charge in [0.05, 0.1) is 18.4 Å². The zero-order valence-corrected chi connectivity index (χ0v) is 16.7. The Kier molecular flexibility index (Phi) is 4.47. The highest BCUT2D eigenvalue weighted by atomic mass is 16.5. The fourth-order valence-electron chi connectivity index (χ4n) is 4.07. The molecular weight excluding hydrogens is 360 g/mol. The molecule has 0 saturated carbocycles. The molecule has 29 heavy (non-hydrogen) atoms. The van der Waals surface area contributed by atoms with Crippen molar-refractivity contribution < 1.29 is 9.47 Å². The Bertz CT molecular complexity index is 1040.